The van der Waals surface area contributed by atoms with Gasteiger partial charge < -0.3 is 16.0 Å². The van der Waals surface area contributed by atoms with Crippen LogP contribution in [0.4, 0.5) is 0 Å². The molecule has 1 aliphatic rings. The van der Waals surface area contributed by atoms with Crippen molar-refractivity contribution in [2.75, 3.05) is 13.1 Å². The molecule has 6 heteroatoms. The van der Waals surface area contributed by atoms with Gasteiger partial charge in [-0.15, -0.1) is 0 Å². The lowest BCUT2D eigenvalue weighted by Crippen LogP contribution is -2.44. The van der Waals surface area contributed by atoms with Crippen molar-refractivity contribution in [3.8, 4) is 0 Å². The van der Waals surface area contributed by atoms with E-state index < -0.39 is 0 Å². The number of hydrogen-bond donors (Lipinski definition) is 2. The minimum Gasteiger partial charge on any atom is -0.369 e. The first-order valence-electron chi connectivity index (χ1n) is 8.18. The highest BCUT2D eigenvalue weighted by Gasteiger charge is 2.27. The molecule has 6 nitrogen and oxygen atoms in total. The fourth-order valence-electron chi connectivity index (χ4n) is 2.75. The Morgan fingerprint density at radius 3 is 2.25 bits per heavy atom. The van der Waals surface area contributed by atoms with Crippen molar-refractivity contribution in [2.24, 2.45) is 11.7 Å². The second-order valence-electron chi connectivity index (χ2n) is 7.27. The molecule has 1 aromatic carbocycles. The van der Waals surface area contributed by atoms with Crippen molar-refractivity contribution >= 4 is 17.7 Å². The van der Waals surface area contributed by atoms with Crippen LogP contribution in [0.25, 0.3) is 0 Å². The molecule has 0 aromatic heterocycles. The highest BCUT2D eigenvalue weighted by molar-refractivity contribution is 5.98. The summed E-state index contributed by atoms with van der Waals surface area (Å²) >= 11 is 0. The van der Waals surface area contributed by atoms with Crippen LogP contribution >= 0.6 is 0 Å². The zero-order valence-electron chi connectivity index (χ0n) is 14.5. The van der Waals surface area contributed by atoms with Gasteiger partial charge in [0.25, 0.3) is 11.8 Å². The van der Waals surface area contributed by atoms with Crippen LogP contribution in [0.15, 0.2) is 24.3 Å². The Morgan fingerprint density at radius 2 is 1.71 bits per heavy atom. The van der Waals surface area contributed by atoms with Crippen LogP contribution in [0.1, 0.15) is 54.3 Å². The summed E-state index contributed by atoms with van der Waals surface area (Å²) in [5.74, 6) is -0.946. The summed E-state index contributed by atoms with van der Waals surface area (Å²) in [6, 6.07) is 6.58. The molecule has 0 unspecified atom stereocenters. The summed E-state index contributed by atoms with van der Waals surface area (Å²) in [6.45, 7) is 6.71. The second kappa shape index (κ2) is 7.03. The summed E-state index contributed by atoms with van der Waals surface area (Å²) < 4.78 is 0. The molecular weight excluding hydrogens is 306 g/mol. The van der Waals surface area contributed by atoms with Crippen LogP contribution in [-0.4, -0.2) is 41.2 Å². The average Bonchev–Trinajstić information content (AvgIpc) is 2.53. The van der Waals surface area contributed by atoms with E-state index in [1.54, 1.807) is 29.2 Å². The zero-order valence-corrected chi connectivity index (χ0v) is 14.5. The van der Waals surface area contributed by atoms with Gasteiger partial charge in [-0.05, 0) is 57.9 Å². The molecule has 0 radical (unpaired) electrons. The Morgan fingerprint density at radius 1 is 1.12 bits per heavy atom. The van der Waals surface area contributed by atoms with Gasteiger partial charge >= 0.3 is 0 Å². The van der Waals surface area contributed by atoms with Gasteiger partial charge in [-0.1, -0.05) is 0 Å². The molecule has 3 amide bonds. The first-order chi connectivity index (χ1) is 11.2. The van der Waals surface area contributed by atoms with Crippen molar-refractivity contribution in [2.45, 2.75) is 39.2 Å². The van der Waals surface area contributed by atoms with E-state index in [0.717, 1.165) is 12.8 Å². The fraction of sp³-hybridized carbons (Fsp3) is 0.500. The monoisotopic (exact) mass is 331 g/mol. The number of nitrogens with two attached hydrogens (primary N) is 1. The number of carbonyl (C=O) groups is 3. The third-order valence-corrected chi connectivity index (χ3v) is 3.99. The number of rotatable bonds is 3. The average molecular weight is 331 g/mol. The van der Waals surface area contributed by atoms with Crippen LogP contribution in [0.3, 0.4) is 0 Å². The van der Waals surface area contributed by atoms with Crippen molar-refractivity contribution in [1.29, 1.82) is 0 Å². The summed E-state index contributed by atoms with van der Waals surface area (Å²) in [4.78, 5) is 37.6. The number of benzene rings is 1. The quantitative estimate of drug-likeness (QED) is 0.880. The third-order valence-electron chi connectivity index (χ3n) is 3.99. The second-order valence-corrected chi connectivity index (χ2v) is 7.27. The number of hydrogen-bond acceptors (Lipinski definition) is 3. The van der Waals surface area contributed by atoms with Crippen LogP contribution < -0.4 is 11.1 Å². The first-order valence-corrected chi connectivity index (χ1v) is 8.18. The molecule has 1 aliphatic heterocycles. The SMILES string of the molecule is CC(C)(C)NC(=O)c1ccc(C(=O)N2CCC[C@H](C(N)=O)C2)cc1. The van der Waals surface area contributed by atoms with Gasteiger partial charge in [-0.25, -0.2) is 0 Å². The van der Waals surface area contributed by atoms with E-state index in [1.165, 1.54) is 0 Å². The van der Waals surface area contributed by atoms with E-state index in [0.29, 0.717) is 24.2 Å². The predicted molar refractivity (Wildman–Crippen MR) is 91.5 cm³/mol. The van der Waals surface area contributed by atoms with E-state index in [-0.39, 0.29) is 29.2 Å². The fourth-order valence-corrected chi connectivity index (χ4v) is 2.75. The Kier molecular flexibility index (Phi) is 5.26. The van der Waals surface area contributed by atoms with Crippen molar-refractivity contribution in [3.05, 3.63) is 35.4 Å². The molecule has 3 N–H and O–H groups in total. The first kappa shape index (κ1) is 18.0. The molecule has 1 atom stereocenters. The van der Waals surface area contributed by atoms with E-state index in [9.17, 15) is 14.4 Å². The summed E-state index contributed by atoms with van der Waals surface area (Å²) in [6.07, 6.45) is 1.50. The molecule has 0 saturated carbocycles. The molecule has 0 bridgehead atoms. The van der Waals surface area contributed by atoms with Crippen LogP contribution in [0.5, 0.6) is 0 Å². The molecule has 1 heterocycles. The molecular formula is C18H25N3O3. The van der Waals surface area contributed by atoms with Gasteiger partial charge in [-0.3, -0.25) is 14.4 Å². The van der Waals surface area contributed by atoms with Gasteiger partial charge in [0.1, 0.15) is 0 Å². The zero-order chi connectivity index (χ0) is 17.9. The molecule has 130 valence electrons. The Balaban J connectivity index is 2.06. The van der Waals surface area contributed by atoms with E-state index in [2.05, 4.69) is 5.32 Å². The lowest BCUT2D eigenvalue weighted by atomic mass is 9.97. The van der Waals surface area contributed by atoms with Gasteiger partial charge in [-0.2, -0.15) is 0 Å². The maximum absolute atomic E-state index is 12.6. The molecule has 0 aliphatic carbocycles. The Hall–Kier alpha value is -2.37. The maximum Gasteiger partial charge on any atom is 0.253 e. The van der Waals surface area contributed by atoms with Crippen LogP contribution in [0.2, 0.25) is 0 Å². The topological polar surface area (TPSA) is 92.5 Å². The normalized spacial score (nSPS) is 18.1. The molecule has 0 spiro atoms. The standard InChI is InChI=1S/C18H25N3O3/c1-18(2,3)20-16(23)12-6-8-13(9-7-12)17(24)21-10-4-5-14(11-21)15(19)22/h6-9,14H,4-5,10-11H2,1-3H3,(H2,19,22)(H,20,23)/t14-/m0/s1. The summed E-state index contributed by atoms with van der Waals surface area (Å²) in [5, 5.41) is 2.88. The largest absolute Gasteiger partial charge is 0.369 e. The summed E-state index contributed by atoms with van der Waals surface area (Å²) in [7, 11) is 0. The van der Waals surface area contributed by atoms with Gasteiger partial charge in [0.15, 0.2) is 0 Å². The number of likely N-dealkylation sites (tertiary alicyclic amines) is 1. The minimum absolute atomic E-state index is 0.135. The highest BCUT2D eigenvalue weighted by Crippen LogP contribution is 2.18. The number of nitrogens with one attached hydrogen (secondary N) is 1. The highest BCUT2D eigenvalue weighted by atomic mass is 16.2. The molecule has 1 fully saturated rings. The van der Waals surface area contributed by atoms with Crippen molar-refractivity contribution in [1.82, 2.24) is 10.2 Å². The Labute approximate surface area is 142 Å². The van der Waals surface area contributed by atoms with E-state index >= 15 is 0 Å². The molecule has 24 heavy (non-hydrogen) atoms. The molecule has 2 rings (SSSR count). The van der Waals surface area contributed by atoms with Crippen LogP contribution in [0, 0.1) is 5.92 Å². The summed E-state index contributed by atoms with van der Waals surface area (Å²) in [5.41, 5.74) is 6.05. The third kappa shape index (κ3) is 4.57. The van der Waals surface area contributed by atoms with Crippen molar-refractivity contribution in [3.63, 3.8) is 0 Å². The van der Waals surface area contributed by atoms with E-state index in [4.69, 9.17) is 5.73 Å². The molecule has 1 saturated heterocycles. The van der Waals surface area contributed by atoms with E-state index in [1.807, 2.05) is 20.8 Å². The molecule has 1 aromatic rings. The lowest BCUT2D eigenvalue weighted by molar-refractivity contribution is -0.123. The predicted octanol–water partition coefficient (Wildman–Crippen LogP) is 1.55. The van der Waals surface area contributed by atoms with Crippen molar-refractivity contribution < 1.29 is 14.4 Å². The number of carbonyl (C=O) groups excluding carboxylic acids is 3. The lowest BCUT2D eigenvalue weighted by Gasteiger charge is -2.31. The minimum atomic E-state index is -0.360. The smallest absolute Gasteiger partial charge is 0.253 e. The Bertz CT molecular complexity index is 632. The number of piperidine rings is 1. The number of primary amides is 1. The number of nitrogens with zero attached hydrogens (tertiary/aromatic N) is 1. The number of amides is 3. The van der Waals surface area contributed by atoms with Gasteiger partial charge in [0.05, 0.1) is 5.92 Å². The van der Waals surface area contributed by atoms with Gasteiger partial charge in [0.2, 0.25) is 5.91 Å². The van der Waals surface area contributed by atoms with Crippen LogP contribution in [-0.2, 0) is 4.79 Å². The van der Waals surface area contributed by atoms with Gasteiger partial charge in [0, 0.05) is 29.8 Å². The maximum atomic E-state index is 12.6.